The Morgan fingerprint density at radius 1 is 1.00 bits per heavy atom. The minimum atomic E-state index is -0.450. The predicted molar refractivity (Wildman–Crippen MR) is 102 cm³/mol. The highest BCUT2D eigenvalue weighted by Gasteiger charge is 2.11. The van der Waals surface area contributed by atoms with Gasteiger partial charge in [-0.2, -0.15) is 0 Å². The third kappa shape index (κ3) is 5.22. The lowest BCUT2D eigenvalue weighted by Crippen LogP contribution is -2.22. The first-order valence-corrected chi connectivity index (χ1v) is 8.01. The fourth-order valence-electron chi connectivity index (χ4n) is 2.35. The third-order valence-corrected chi connectivity index (χ3v) is 3.56. The van der Waals surface area contributed by atoms with Crippen LogP contribution in [0.15, 0.2) is 42.5 Å². The first-order valence-electron chi connectivity index (χ1n) is 8.01. The average Bonchev–Trinajstić information content (AvgIpc) is 2.61. The largest absolute Gasteiger partial charge is 0.497 e. The molecule has 0 unspecified atom stereocenters. The molecule has 7 heteroatoms. The lowest BCUT2D eigenvalue weighted by atomic mass is 10.1. The van der Waals surface area contributed by atoms with Gasteiger partial charge in [-0.25, -0.2) is 4.79 Å². The summed E-state index contributed by atoms with van der Waals surface area (Å²) < 4.78 is 10.4. The fourth-order valence-corrected chi connectivity index (χ4v) is 2.35. The second-order valence-electron chi connectivity index (χ2n) is 5.89. The van der Waals surface area contributed by atoms with Crippen LogP contribution in [0.1, 0.15) is 10.4 Å². The van der Waals surface area contributed by atoms with Gasteiger partial charge >= 0.3 is 6.03 Å². The van der Waals surface area contributed by atoms with Gasteiger partial charge < -0.3 is 25.0 Å². The molecule has 0 fully saturated rings. The lowest BCUT2D eigenvalue weighted by molar-refractivity contribution is 0.0958. The van der Waals surface area contributed by atoms with Gasteiger partial charge in [-0.3, -0.25) is 4.79 Å². The van der Waals surface area contributed by atoms with E-state index in [1.165, 1.54) is 7.11 Å². The number of benzene rings is 2. The van der Waals surface area contributed by atoms with Crippen molar-refractivity contribution in [2.24, 2.45) is 0 Å². The van der Waals surface area contributed by atoms with Crippen LogP contribution >= 0.6 is 0 Å². The van der Waals surface area contributed by atoms with Gasteiger partial charge in [0.25, 0.3) is 0 Å². The summed E-state index contributed by atoms with van der Waals surface area (Å²) >= 11 is 0. The van der Waals surface area contributed by atoms with Crippen molar-refractivity contribution in [3.05, 3.63) is 48.0 Å². The molecule has 0 radical (unpaired) electrons. The van der Waals surface area contributed by atoms with Crippen LogP contribution in [-0.4, -0.2) is 51.6 Å². The third-order valence-electron chi connectivity index (χ3n) is 3.56. The minimum absolute atomic E-state index is 0.0199. The van der Waals surface area contributed by atoms with Crippen molar-refractivity contribution in [2.45, 2.75) is 0 Å². The molecule has 7 nitrogen and oxygen atoms in total. The molecule has 2 aromatic carbocycles. The number of anilines is 2. The molecule has 0 aliphatic carbocycles. The summed E-state index contributed by atoms with van der Waals surface area (Å²) in [7, 11) is 6.72. The predicted octanol–water partition coefficient (Wildman–Crippen LogP) is 3.09. The molecule has 2 aromatic rings. The average molecular weight is 357 g/mol. The van der Waals surface area contributed by atoms with E-state index in [4.69, 9.17) is 9.47 Å². The summed E-state index contributed by atoms with van der Waals surface area (Å²) in [6.07, 6.45) is 0. The minimum Gasteiger partial charge on any atom is -0.497 e. The van der Waals surface area contributed by atoms with Crippen molar-refractivity contribution in [2.75, 3.05) is 45.5 Å². The first kappa shape index (κ1) is 19.3. The monoisotopic (exact) mass is 357 g/mol. The smallest absolute Gasteiger partial charge is 0.323 e. The molecule has 0 aliphatic heterocycles. The quantitative estimate of drug-likeness (QED) is 0.745. The molecule has 0 heterocycles. The lowest BCUT2D eigenvalue weighted by Gasteiger charge is -2.13. The van der Waals surface area contributed by atoms with E-state index in [9.17, 15) is 9.59 Å². The highest BCUT2D eigenvalue weighted by Crippen LogP contribution is 2.29. The summed E-state index contributed by atoms with van der Waals surface area (Å²) in [5.41, 5.74) is 1.54. The molecule has 2 rings (SSSR count). The van der Waals surface area contributed by atoms with Crippen LogP contribution in [0.3, 0.4) is 0 Å². The molecular formula is C19H23N3O4. The summed E-state index contributed by atoms with van der Waals surface area (Å²) in [5.74, 6) is 1.08. The van der Waals surface area contributed by atoms with Crippen LogP contribution < -0.4 is 20.1 Å². The van der Waals surface area contributed by atoms with Crippen LogP contribution in [0.4, 0.5) is 16.2 Å². The molecule has 26 heavy (non-hydrogen) atoms. The molecule has 138 valence electrons. The fraction of sp³-hybridized carbons (Fsp3) is 0.263. The molecular weight excluding hydrogens is 334 g/mol. The maximum absolute atomic E-state index is 12.3. The zero-order valence-corrected chi connectivity index (χ0v) is 15.3. The molecule has 0 saturated heterocycles. The maximum atomic E-state index is 12.3. The van der Waals surface area contributed by atoms with Crippen LogP contribution in [0.25, 0.3) is 0 Å². The SMILES string of the molecule is COc1ccc(OC)c(NC(=O)Nc2cccc(C(=O)CN(C)C)c2)c1. The zero-order chi connectivity index (χ0) is 19.1. The van der Waals surface area contributed by atoms with Gasteiger partial charge in [0.05, 0.1) is 26.5 Å². The number of nitrogens with one attached hydrogen (secondary N) is 2. The number of carbonyl (C=O) groups excluding carboxylic acids is 2. The highest BCUT2D eigenvalue weighted by atomic mass is 16.5. The van der Waals surface area contributed by atoms with Crippen molar-refractivity contribution in [1.29, 1.82) is 0 Å². The Morgan fingerprint density at radius 2 is 1.77 bits per heavy atom. The molecule has 0 spiro atoms. The Labute approximate surface area is 152 Å². The topological polar surface area (TPSA) is 79.9 Å². The van der Waals surface area contributed by atoms with Crippen molar-refractivity contribution in [1.82, 2.24) is 4.90 Å². The van der Waals surface area contributed by atoms with E-state index in [2.05, 4.69) is 10.6 Å². The molecule has 2 amide bonds. The Hall–Kier alpha value is -3.06. The molecule has 0 atom stereocenters. The Kier molecular flexibility index (Phi) is 6.57. The Bertz CT molecular complexity index is 790. The highest BCUT2D eigenvalue weighted by molar-refractivity contribution is 6.03. The number of nitrogens with zero attached hydrogens (tertiary/aromatic N) is 1. The zero-order valence-electron chi connectivity index (χ0n) is 15.3. The van der Waals surface area contributed by atoms with E-state index in [0.717, 1.165) is 0 Å². The van der Waals surface area contributed by atoms with Gasteiger partial charge in [-0.05, 0) is 38.4 Å². The number of ether oxygens (including phenoxy) is 2. The van der Waals surface area contributed by atoms with Gasteiger partial charge in [-0.15, -0.1) is 0 Å². The van der Waals surface area contributed by atoms with Crippen LogP contribution in [0.2, 0.25) is 0 Å². The Morgan fingerprint density at radius 3 is 2.42 bits per heavy atom. The molecule has 0 aromatic heterocycles. The number of Topliss-reactive ketones (excluding diaryl/α,β-unsaturated/α-hetero) is 1. The van der Waals surface area contributed by atoms with E-state index in [1.54, 1.807) is 54.5 Å². The summed E-state index contributed by atoms with van der Waals surface area (Å²) in [6, 6.07) is 11.5. The molecule has 0 saturated carbocycles. The molecule has 2 N–H and O–H groups in total. The number of rotatable bonds is 7. The number of hydrogen-bond donors (Lipinski definition) is 2. The standard InChI is InChI=1S/C19H23N3O4/c1-22(2)12-17(23)13-6-5-7-14(10-13)20-19(24)21-16-11-15(25-3)8-9-18(16)26-4/h5-11H,12H2,1-4H3,(H2,20,21,24). The number of ketones is 1. The normalized spacial score (nSPS) is 10.3. The number of carbonyl (C=O) groups is 2. The summed E-state index contributed by atoms with van der Waals surface area (Å²) in [5, 5.41) is 5.43. The van der Waals surface area contributed by atoms with Gasteiger partial charge in [0.15, 0.2) is 5.78 Å². The number of amides is 2. The number of methoxy groups -OCH3 is 2. The van der Waals surface area contributed by atoms with Crippen LogP contribution in [0.5, 0.6) is 11.5 Å². The van der Waals surface area contributed by atoms with E-state index in [-0.39, 0.29) is 5.78 Å². The van der Waals surface area contributed by atoms with E-state index in [0.29, 0.717) is 35.0 Å². The number of urea groups is 1. The number of hydrogen-bond acceptors (Lipinski definition) is 5. The van der Waals surface area contributed by atoms with E-state index >= 15 is 0 Å². The molecule has 0 bridgehead atoms. The molecule has 0 aliphatic rings. The number of likely N-dealkylation sites (N-methyl/N-ethyl adjacent to an activating group) is 1. The van der Waals surface area contributed by atoms with Gasteiger partial charge in [0, 0.05) is 17.3 Å². The summed E-state index contributed by atoms with van der Waals surface area (Å²) in [6.45, 7) is 0.302. The van der Waals surface area contributed by atoms with Crippen LogP contribution in [0, 0.1) is 0 Å². The first-order chi connectivity index (χ1) is 12.4. The van der Waals surface area contributed by atoms with Crippen molar-refractivity contribution in [3.63, 3.8) is 0 Å². The van der Waals surface area contributed by atoms with Crippen molar-refractivity contribution in [3.8, 4) is 11.5 Å². The van der Waals surface area contributed by atoms with Crippen molar-refractivity contribution < 1.29 is 19.1 Å². The van der Waals surface area contributed by atoms with E-state index < -0.39 is 6.03 Å². The van der Waals surface area contributed by atoms with Crippen molar-refractivity contribution >= 4 is 23.2 Å². The second-order valence-corrected chi connectivity index (χ2v) is 5.89. The summed E-state index contributed by atoms with van der Waals surface area (Å²) in [4.78, 5) is 26.2. The van der Waals surface area contributed by atoms with Gasteiger partial charge in [0.2, 0.25) is 0 Å². The maximum Gasteiger partial charge on any atom is 0.323 e. The van der Waals surface area contributed by atoms with Gasteiger partial charge in [0.1, 0.15) is 11.5 Å². The van der Waals surface area contributed by atoms with Gasteiger partial charge in [-0.1, -0.05) is 12.1 Å². The van der Waals surface area contributed by atoms with E-state index in [1.807, 2.05) is 14.1 Å². The Balaban J connectivity index is 2.10. The second kappa shape index (κ2) is 8.87. The van der Waals surface area contributed by atoms with Crippen LogP contribution in [-0.2, 0) is 0 Å².